The van der Waals surface area contributed by atoms with E-state index in [4.69, 9.17) is 5.26 Å². The molecule has 1 fully saturated rings. The second-order valence-corrected chi connectivity index (χ2v) is 5.63. The molecule has 0 bridgehead atoms. The normalized spacial score (nSPS) is 17.4. The summed E-state index contributed by atoms with van der Waals surface area (Å²) in [5, 5.41) is 11.0. The van der Waals surface area contributed by atoms with Gasteiger partial charge in [0.1, 0.15) is 6.07 Å². The minimum Gasteiger partial charge on any atom is -0.364 e. The molecule has 108 valence electrons. The Bertz CT molecular complexity index is 770. The first-order valence-corrected chi connectivity index (χ1v) is 7.44. The van der Waals surface area contributed by atoms with Crippen molar-refractivity contribution < 1.29 is 9.59 Å². The lowest BCUT2D eigenvalue weighted by Crippen LogP contribution is -2.34. The minimum atomic E-state index is -0.734. The van der Waals surface area contributed by atoms with Crippen molar-refractivity contribution in [3.05, 3.63) is 60.2 Å². The summed E-state index contributed by atoms with van der Waals surface area (Å²) in [5.41, 5.74) is 1.52. The van der Waals surface area contributed by atoms with Crippen LogP contribution < -0.4 is 10.2 Å². The highest BCUT2D eigenvalue weighted by Crippen LogP contribution is 2.32. The fourth-order valence-electron chi connectivity index (χ4n) is 2.16. The van der Waals surface area contributed by atoms with Crippen molar-refractivity contribution >= 4 is 34.3 Å². The number of amides is 2. The first kappa shape index (κ1) is 14.2. The third-order valence-corrected chi connectivity index (χ3v) is 4.13. The summed E-state index contributed by atoms with van der Waals surface area (Å²) in [5.74, 6) is -0.339. The summed E-state index contributed by atoms with van der Waals surface area (Å²) in [6.07, 6.45) is 0. The van der Waals surface area contributed by atoms with Crippen molar-refractivity contribution in [2.75, 3.05) is 10.2 Å². The predicted octanol–water partition coefficient (Wildman–Crippen LogP) is 3.20. The molecule has 1 saturated heterocycles. The van der Waals surface area contributed by atoms with Crippen molar-refractivity contribution in [3.8, 4) is 6.07 Å². The van der Waals surface area contributed by atoms with E-state index in [1.54, 1.807) is 48.5 Å². The van der Waals surface area contributed by atoms with E-state index in [2.05, 4.69) is 11.4 Å². The van der Waals surface area contributed by atoms with Gasteiger partial charge >= 0.3 is 0 Å². The van der Waals surface area contributed by atoms with E-state index in [0.29, 0.717) is 16.9 Å². The number of carbonyl (C=O) groups is 2. The van der Waals surface area contributed by atoms with E-state index in [9.17, 15) is 9.59 Å². The van der Waals surface area contributed by atoms with Gasteiger partial charge in [0.15, 0.2) is 5.37 Å². The van der Waals surface area contributed by atoms with Gasteiger partial charge in [0, 0.05) is 0 Å². The van der Waals surface area contributed by atoms with Crippen molar-refractivity contribution in [2.45, 2.75) is 5.37 Å². The topological polar surface area (TPSA) is 73.2 Å². The quantitative estimate of drug-likeness (QED) is 0.942. The molecule has 3 rings (SSSR count). The number of hydrogen-bond donors (Lipinski definition) is 1. The van der Waals surface area contributed by atoms with Gasteiger partial charge < -0.3 is 5.32 Å². The molecule has 22 heavy (non-hydrogen) atoms. The maximum Gasteiger partial charge on any atom is 0.295 e. The standard InChI is InChI=1S/C16H11N3O2S/c17-10-11-6-4-5-9-13(11)18-14-15(20)19(16(21)22-14)12-7-2-1-3-8-12/h1-9,14,18H. The van der Waals surface area contributed by atoms with E-state index in [-0.39, 0.29) is 11.1 Å². The summed E-state index contributed by atoms with van der Waals surface area (Å²) in [6.45, 7) is 0. The number of rotatable bonds is 3. The largest absolute Gasteiger partial charge is 0.364 e. The summed E-state index contributed by atoms with van der Waals surface area (Å²) >= 11 is 0.908. The molecule has 2 aromatic rings. The molecule has 0 radical (unpaired) electrons. The van der Waals surface area contributed by atoms with Crippen LogP contribution in [0.3, 0.4) is 0 Å². The van der Waals surface area contributed by atoms with Crippen LogP contribution in [-0.2, 0) is 4.79 Å². The number of benzene rings is 2. The molecule has 1 unspecified atom stereocenters. The van der Waals surface area contributed by atoms with Crippen molar-refractivity contribution in [2.24, 2.45) is 0 Å². The summed E-state index contributed by atoms with van der Waals surface area (Å²) < 4.78 is 0. The van der Waals surface area contributed by atoms with Gasteiger partial charge in [-0.1, -0.05) is 30.3 Å². The van der Waals surface area contributed by atoms with Crippen LogP contribution >= 0.6 is 11.8 Å². The Hall–Kier alpha value is -2.78. The Morgan fingerprint density at radius 1 is 1.05 bits per heavy atom. The highest BCUT2D eigenvalue weighted by atomic mass is 32.2. The Morgan fingerprint density at radius 3 is 2.45 bits per heavy atom. The zero-order valence-corrected chi connectivity index (χ0v) is 12.2. The fraction of sp³-hybridized carbons (Fsp3) is 0.0625. The minimum absolute atomic E-state index is 0.330. The van der Waals surface area contributed by atoms with E-state index in [0.717, 1.165) is 16.7 Å². The maximum atomic E-state index is 12.5. The predicted molar refractivity (Wildman–Crippen MR) is 85.5 cm³/mol. The maximum absolute atomic E-state index is 12.5. The number of imide groups is 1. The van der Waals surface area contributed by atoms with Crippen LogP contribution in [0, 0.1) is 11.3 Å². The van der Waals surface area contributed by atoms with E-state index < -0.39 is 5.37 Å². The third kappa shape index (κ3) is 2.54. The lowest BCUT2D eigenvalue weighted by Gasteiger charge is -2.15. The number of nitriles is 1. The number of carbonyl (C=O) groups excluding carboxylic acids is 2. The lowest BCUT2D eigenvalue weighted by molar-refractivity contribution is -0.116. The molecule has 1 aliphatic rings. The van der Waals surface area contributed by atoms with Crippen LogP contribution in [0.2, 0.25) is 0 Å². The van der Waals surface area contributed by atoms with Gasteiger partial charge in [0.2, 0.25) is 0 Å². The van der Waals surface area contributed by atoms with Crippen molar-refractivity contribution in [3.63, 3.8) is 0 Å². The number of nitrogens with one attached hydrogen (secondary N) is 1. The van der Waals surface area contributed by atoms with Crippen LogP contribution in [0.5, 0.6) is 0 Å². The van der Waals surface area contributed by atoms with Gasteiger partial charge in [0.25, 0.3) is 11.1 Å². The average molecular weight is 309 g/mol. The molecule has 0 aromatic heterocycles. The van der Waals surface area contributed by atoms with Gasteiger partial charge in [-0.25, -0.2) is 4.90 Å². The first-order valence-electron chi connectivity index (χ1n) is 6.56. The molecule has 1 aliphatic heterocycles. The number of hydrogen-bond acceptors (Lipinski definition) is 5. The molecular weight excluding hydrogens is 298 g/mol. The molecule has 0 aliphatic carbocycles. The van der Waals surface area contributed by atoms with E-state index >= 15 is 0 Å². The molecule has 2 amide bonds. The average Bonchev–Trinajstić information content (AvgIpc) is 2.83. The number of nitrogens with zero attached hydrogens (tertiary/aromatic N) is 2. The van der Waals surface area contributed by atoms with E-state index in [1.165, 1.54) is 0 Å². The van der Waals surface area contributed by atoms with Crippen LogP contribution in [0.15, 0.2) is 54.6 Å². The summed E-state index contributed by atoms with van der Waals surface area (Å²) in [4.78, 5) is 25.7. The van der Waals surface area contributed by atoms with Gasteiger partial charge in [-0.2, -0.15) is 5.26 Å². The van der Waals surface area contributed by atoms with Crippen LogP contribution in [0.25, 0.3) is 0 Å². The number of anilines is 2. The summed E-state index contributed by atoms with van der Waals surface area (Å²) in [6, 6.07) is 17.7. The molecule has 1 atom stereocenters. The molecule has 0 spiro atoms. The summed E-state index contributed by atoms with van der Waals surface area (Å²) in [7, 11) is 0. The van der Waals surface area contributed by atoms with Gasteiger partial charge in [0.05, 0.1) is 16.9 Å². The lowest BCUT2D eigenvalue weighted by atomic mass is 10.2. The van der Waals surface area contributed by atoms with Crippen LogP contribution in [0.4, 0.5) is 16.2 Å². The second kappa shape index (κ2) is 5.92. The molecule has 6 heteroatoms. The molecule has 5 nitrogen and oxygen atoms in total. The van der Waals surface area contributed by atoms with Gasteiger partial charge in [-0.3, -0.25) is 9.59 Å². The van der Waals surface area contributed by atoms with Crippen LogP contribution in [-0.4, -0.2) is 16.5 Å². The molecular formula is C16H11N3O2S. The Labute approximate surface area is 131 Å². The third-order valence-electron chi connectivity index (χ3n) is 3.19. The molecule has 1 N–H and O–H groups in total. The van der Waals surface area contributed by atoms with Gasteiger partial charge in [-0.05, 0) is 36.0 Å². The molecule has 2 aromatic carbocycles. The van der Waals surface area contributed by atoms with E-state index in [1.807, 2.05) is 6.07 Å². The fourth-order valence-corrected chi connectivity index (χ4v) is 3.05. The second-order valence-electron chi connectivity index (χ2n) is 4.57. The Morgan fingerprint density at radius 2 is 1.73 bits per heavy atom. The Kier molecular flexibility index (Phi) is 3.81. The number of para-hydroxylation sites is 2. The Balaban J connectivity index is 1.84. The molecule has 1 heterocycles. The van der Waals surface area contributed by atoms with Crippen molar-refractivity contribution in [1.29, 1.82) is 5.26 Å². The highest BCUT2D eigenvalue weighted by molar-refractivity contribution is 8.16. The monoisotopic (exact) mass is 309 g/mol. The number of thioether (sulfide) groups is 1. The van der Waals surface area contributed by atoms with Crippen molar-refractivity contribution in [1.82, 2.24) is 0 Å². The SMILES string of the molecule is N#Cc1ccccc1NC1SC(=O)N(c2ccccc2)C1=O. The zero-order chi connectivity index (χ0) is 15.5. The smallest absolute Gasteiger partial charge is 0.295 e. The van der Waals surface area contributed by atoms with Gasteiger partial charge in [-0.15, -0.1) is 0 Å². The zero-order valence-electron chi connectivity index (χ0n) is 11.4. The molecule has 0 saturated carbocycles. The highest BCUT2D eigenvalue weighted by Gasteiger charge is 2.40. The first-order chi connectivity index (χ1) is 10.7. The van der Waals surface area contributed by atoms with Crippen LogP contribution in [0.1, 0.15) is 5.56 Å².